The first-order chi connectivity index (χ1) is 18.4. The monoisotopic (exact) mass is 530 g/mol. The first-order valence-corrected chi connectivity index (χ1v) is 13.4. The lowest BCUT2D eigenvalue weighted by molar-refractivity contribution is -0.134. The van der Waals surface area contributed by atoms with Gasteiger partial charge in [-0.15, -0.1) is 11.3 Å². The Hall–Kier alpha value is -4.05. The number of hydrogen-bond acceptors (Lipinski definition) is 8. The summed E-state index contributed by atoms with van der Waals surface area (Å²) in [6.07, 6.45) is 3.23. The van der Waals surface area contributed by atoms with Gasteiger partial charge >= 0.3 is 0 Å². The number of benzene rings is 2. The van der Waals surface area contributed by atoms with E-state index in [9.17, 15) is 9.59 Å². The van der Waals surface area contributed by atoms with Crippen LogP contribution < -0.4 is 15.2 Å². The molecule has 0 radical (unpaired) electrons. The van der Waals surface area contributed by atoms with Crippen molar-refractivity contribution >= 4 is 40.0 Å². The second-order valence-electron chi connectivity index (χ2n) is 9.48. The summed E-state index contributed by atoms with van der Waals surface area (Å²) in [5, 5.41) is 4.24. The van der Waals surface area contributed by atoms with E-state index >= 15 is 0 Å². The summed E-state index contributed by atoms with van der Waals surface area (Å²) >= 11 is 1.48. The largest absolute Gasteiger partial charge is 0.484 e. The number of fused-ring (bicyclic) bond motifs is 1. The first kappa shape index (κ1) is 25.6. The lowest BCUT2D eigenvalue weighted by Gasteiger charge is -2.31. The van der Waals surface area contributed by atoms with Gasteiger partial charge in [0.15, 0.2) is 12.4 Å². The maximum atomic E-state index is 12.8. The predicted octanol–water partition coefficient (Wildman–Crippen LogP) is 4.27. The van der Waals surface area contributed by atoms with Crippen molar-refractivity contribution in [3.63, 3.8) is 0 Å². The van der Waals surface area contributed by atoms with Crippen LogP contribution in [0.1, 0.15) is 45.4 Å². The number of rotatable bonds is 7. The van der Waals surface area contributed by atoms with Crippen LogP contribution in [0.3, 0.4) is 0 Å². The average molecular weight is 531 g/mol. The number of ether oxygens (including phenoxy) is 1. The van der Waals surface area contributed by atoms with Crippen LogP contribution in [0.15, 0.2) is 54.0 Å². The standard InChI is InChI=1S/C28H30N6O3S/c1-18-8-9-21(14-19(18)2)37-16-26(35)34-12-10-20(11-13-34)28-31-24(17-38-28)27(36)32-33(3)25-15-29-22-6-4-5-7-23(22)30-25/h4-9,14-15,17,20H,10-13,16H2,1-3H3,(H,32,36). The molecule has 4 aromatic rings. The van der Waals surface area contributed by atoms with Crippen molar-refractivity contribution in [2.24, 2.45) is 0 Å². The average Bonchev–Trinajstić information content (AvgIpc) is 3.44. The number of para-hydroxylation sites is 2. The maximum Gasteiger partial charge on any atom is 0.289 e. The molecule has 1 aliphatic rings. The third-order valence-electron chi connectivity index (χ3n) is 6.84. The van der Waals surface area contributed by atoms with E-state index in [-0.39, 0.29) is 24.3 Å². The maximum absolute atomic E-state index is 12.8. The molecule has 3 heterocycles. The van der Waals surface area contributed by atoms with Crippen molar-refractivity contribution in [2.75, 3.05) is 31.8 Å². The lowest BCUT2D eigenvalue weighted by Crippen LogP contribution is -2.40. The zero-order chi connectivity index (χ0) is 26.6. The number of hydrogen-bond donors (Lipinski definition) is 1. The van der Waals surface area contributed by atoms with Crippen molar-refractivity contribution in [2.45, 2.75) is 32.6 Å². The van der Waals surface area contributed by atoms with E-state index in [4.69, 9.17) is 4.74 Å². The molecule has 10 heteroatoms. The highest BCUT2D eigenvalue weighted by atomic mass is 32.1. The zero-order valence-electron chi connectivity index (χ0n) is 21.7. The number of carbonyl (C=O) groups is 2. The van der Waals surface area contributed by atoms with Crippen molar-refractivity contribution in [1.82, 2.24) is 25.3 Å². The molecule has 196 valence electrons. The molecule has 1 fully saturated rings. The Morgan fingerprint density at radius 2 is 1.84 bits per heavy atom. The van der Waals surface area contributed by atoms with Crippen LogP contribution in [0.25, 0.3) is 11.0 Å². The number of anilines is 1. The molecule has 1 N–H and O–H groups in total. The van der Waals surface area contributed by atoms with Gasteiger partial charge in [-0.2, -0.15) is 0 Å². The number of carbonyl (C=O) groups excluding carboxylic acids is 2. The Morgan fingerprint density at radius 1 is 1.08 bits per heavy atom. The molecule has 0 unspecified atom stereocenters. The fourth-order valence-corrected chi connectivity index (χ4v) is 5.34. The Labute approximate surface area is 225 Å². The number of nitrogens with one attached hydrogen (secondary N) is 1. The highest BCUT2D eigenvalue weighted by Gasteiger charge is 2.27. The van der Waals surface area contributed by atoms with Crippen LogP contribution in [0.5, 0.6) is 5.75 Å². The Morgan fingerprint density at radius 3 is 2.61 bits per heavy atom. The third-order valence-corrected chi connectivity index (χ3v) is 7.85. The van der Waals surface area contributed by atoms with Gasteiger partial charge in [-0.25, -0.2) is 9.97 Å². The zero-order valence-corrected chi connectivity index (χ0v) is 22.5. The molecule has 0 atom stereocenters. The number of hydrazine groups is 1. The van der Waals surface area contributed by atoms with Crippen LogP contribution in [0.4, 0.5) is 5.82 Å². The summed E-state index contributed by atoms with van der Waals surface area (Å²) in [7, 11) is 1.72. The second kappa shape index (κ2) is 11.1. The Bertz CT molecular complexity index is 1460. The molecule has 9 nitrogen and oxygen atoms in total. The molecule has 2 amide bonds. The Balaban J connectivity index is 1.12. The van der Waals surface area contributed by atoms with Gasteiger partial charge in [0.25, 0.3) is 11.8 Å². The molecule has 1 aliphatic heterocycles. The van der Waals surface area contributed by atoms with E-state index in [1.165, 1.54) is 16.9 Å². The summed E-state index contributed by atoms with van der Waals surface area (Å²) in [5.74, 6) is 1.14. The molecule has 2 aromatic carbocycles. The van der Waals surface area contributed by atoms with E-state index < -0.39 is 0 Å². The van der Waals surface area contributed by atoms with Crippen LogP contribution in [0, 0.1) is 13.8 Å². The minimum Gasteiger partial charge on any atom is -0.484 e. The summed E-state index contributed by atoms with van der Waals surface area (Å²) in [5.41, 5.74) is 7.07. The summed E-state index contributed by atoms with van der Waals surface area (Å²) in [6, 6.07) is 13.4. The topological polar surface area (TPSA) is 101 Å². The van der Waals surface area contributed by atoms with Crippen LogP contribution in [-0.4, -0.2) is 58.4 Å². The molecule has 0 bridgehead atoms. The first-order valence-electron chi connectivity index (χ1n) is 12.6. The fourth-order valence-electron chi connectivity index (χ4n) is 4.37. The van der Waals surface area contributed by atoms with E-state index in [1.807, 2.05) is 61.2 Å². The minimum atomic E-state index is -0.305. The number of nitrogens with zero attached hydrogens (tertiary/aromatic N) is 5. The quantitative estimate of drug-likeness (QED) is 0.356. The molecule has 2 aromatic heterocycles. The molecule has 38 heavy (non-hydrogen) atoms. The van der Waals surface area contributed by atoms with Gasteiger partial charge in [0.2, 0.25) is 0 Å². The smallest absolute Gasteiger partial charge is 0.289 e. The summed E-state index contributed by atoms with van der Waals surface area (Å²) in [4.78, 5) is 40.9. The van der Waals surface area contributed by atoms with Gasteiger partial charge in [-0.1, -0.05) is 18.2 Å². The summed E-state index contributed by atoms with van der Waals surface area (Å²) < 4.78 is 5.72. The van der Waals surface area contributed by atoms with Gasteiger partial charge < -0.3 is 9.64 Å². The number of piperidine rings is 1. The van der Waals surface area contributed by atoms with Crippen molar-refractivity contribution in [3.05, 3.63) is 75.9 Å². The molecule has 0 spiro atoms. The van der Waals surface area contributed by atoms with Gasteiger partial charge in [-0.05, 0) is 62.1 Å². The number of likely N-dealkylation sites (tertiary alicyclic amines) is 1. The van der Waals surface area contributed by atoms with E-state index in [0.717, 1.165) is 34.4 Å². The molecule has 0 saturated carbocycles. The van der Waals surface area contributed by atoms with E-state index in [1.54, 1.807) is 23.6 Å². The van der Waals surface area contributed by atoms with Crippen LogP contribution in [-0.2, 0) is 4.79 Å². The molecule has 5 rings (SSSR count). The molecule has 0 aliphatic carbocycles. The molecule has 1 saturated heterocycles. The SMILES string of the molecule is Cc1ccc(OCC(=O)N2CCC(c3nc(C(=O)NN(C)c4cnc5ccccc5n4)cs3)CC2)cc1C. The minimum absolute atomic E-state index is 0.0132. The van der Waals surface area contributed by atoms with Crippen molar-refractivity contribution < 1.29 is 14.3 Å². The highest BCUT2D eigenvalue weighted by molar-refractivity contribution is 7.09. The Kier molecular flexibility index (Phi) is 7.50. The molecular weight excluding hydrogens is 500 g/mol. The van der Waals surface area contributed by atoms with Crippen LogP contribution in [0.2, 0.25) is 0 Å². The van der Waals surface area contributed by atoms with E-state index in [0.29, 0.717) is 30.4 Å². The number of thiazole rings is 1. The van der Waals surface area contributed by atoms with Gasteiger partial charge in [-0.3, -0.25) is 25.0 Å². The van der Waals surface area contributed by atoms with E-state index in [2.05, 4.69) is 20.4 Å². The number of amides is 2. The van der Waals surface area contributed by atoms with Gasteiger partial charge in [0.05, 0.1) is 22.2 Å². The molecular formula is C28H30N6O3S. The van der Waals surface area contributed by atoms with Crippen molar-refractivity contribution in [3.8, 4) is 5.75 Å². The van der Waals surface area contributed by atoms with Crippen molar-refractivity contribution in [1.29, 1.82) is 0 Å². The summed E-state index contributed by atoms with van der Waals surface area (Å²) in [6.45, 7) is 5.39. The highest BCUT2D eigenvalue weighted by Crippen LogP contribution is 2.30. The predicted molar refractivity (Wildman–Crippen MR) is 147 cm³/mol. The lowest BCUT2D eigenvalue weighted by atomic mass is 9.97. The number of aromatic nitrogens is 3. The van der Waals surface area contributed by atoms with Gasteiger partial charge in [0, 0.05) is 31.4 Å². The van der Waals surface area contributed by atoms with Crippen LogP contribution >= 0.6 is 11.3 Å². The third kappa shape index (κ3) is 5.75. The fraction of sp³-hybridized carbons (Fsp3) is 0.321. The number of aryl methyl sites for hydroxylation is 2. The second-order valence-corrected chi connectivity index (χ2v) is 10.4. The van der Waals surface area contributed by atoms with Gasteiger partial charge in [0.1, 0.15) is 11.4 Å². The normalized spacial score (nSPS) is 13.9.